The van der Waals surface area contributed by atoms with Gasteiger partial charge in [-0.05, 0) is 54.7 Å². The lowest BCUT2D eigenvalue weighted by atomic mass is 10.0. The van der Waals surface area contributed by atoms with Crippen LogP contribution in [0.5, 0.6) is 5.75 Å². The van der Waals surface area contributed by atoms with Crippen LogP contribution >= 0.6 is 22.1 Å². The standard InChI is InChI=1S/C12H12OS.C8H12O.C4H9OP.C2H6/c1-8(14)12-10-5-3-2-4-9(10)6-7-11(12)13;1-2-7-5-3-4-6-8(7)9;1-3-4(2)5-6;1-2/h2-8,13-14H,1H3;5-6,9H,2-4H2,1H3;2-3,6H2,1H3;1-2H3. The number of aromatic hydroxyl groups is 1. The van der Waals surface area contributed by atoms with Gasteiger partial charge in [0.25, 0.3) is 0 Å². The lowest BCUT2D eigenvalue weighted by Gasteiger charge is -2.11. The van der Waals surface area contributed by atoms with E-state index in [1.807, 2.05) is 64.1 Å². The van der Waals surface area contributed by atoms with Crippen LogP contribution in [0, 0.1) is 0 Å². The molecule has 2 unspecified atom stereocenters. The second-order valence-corrected chi connectivity index (χ2v) is 7.67. The lowest BCUT2D eigenvalue weighted by Crippen LogP contribution is -1.91. The molecule has 0 spiro atoms. The molecule has 172 valence electrons. The minimum Gasteiger partial charge on any atom is -0.508 e. The Labute approximate surface area is 196 Å². The van der Waals surface area contributed by atoms with Crippen LogP contribution in [0.4, 0.5) is 0 Å². The quantitative estimate of drug-likeness (QED) is 0.242. The van der Waals surface area contributed by atoms with E-state index in [0.29, 0.717) is 11.5 Å². The largest absolute Gasteiger partial charge is 0.508 e. The van der Waals surface area contributed by atoms with Gasteiger partial charge in [-0.3, -0.25) is 0 Å². The van der Waals surface area contributed by atoms with Crippen molar-refractivity contribution >= 4 is 32.9 Å². The zero-order chi connectivity index (χ0) is 23.8. The van der Waals surface area contributed by atoms with Crippen molar-refractivity contribution in [1.82, 2.24) is 0 Å². The van der Waals surface area contributed by atoms with E-state index in [1.165, 1.54) is 0 Å². The molecule has 0 amide bonds. The number of rotatable bonds is 4. The first-order valence-corrected chi connectivity index (χ1v) is 11.9. The Morgan fingerprint density at radius 2 is 1.71 bits per heavy atom. The smallest absolute Gasteiger partial charge is 0.120 e. The van der Waals surface area contributed by atoms with E-state index in [0.717, 1.165) is 53.4 Å². The predicted molar refractivity (Wildman–Crippen MR) is 143 cm³/mol. The topological polar surface area (TPSA) is 49.7 Å². The van der Waals surface area contributed by atoms with Crippen molar-refractivity contribution in [2.75, 3.05) is 0 Å². The van der Waals surface area contributed by atoms with Crippen LogP contribution in [0.3, 0.4) is 0 Å². The zero-order valence-electron chi connectivity index (χ0n) is 19.6. The SMILES string of the molecule is C=C(CC)OP.CC.CC(S)c1c(O)ccc2ccccc12.CCC1=CCCC=C1O. The molecule has 0 bridgehead atoms. The predicted octanol–water partition coefficient (Wildman–Crippen LogP) is 8.84. The summed E-state index contributed by atoms with van der Waals surface area (Å²) < 4.78 is 4.62. The third-order valence-electron chi connectivity index (χ3n) is 4.53. The lowest BCUT2D eigenvalue weighted by molar-refractivity contribution is 0.413. The van der Waals surface area contributed by atoms with Gasteiger partial charge in [-0.2, -0.15) is 12.6 Å². The van der Waals surface area contributed by atoms with Crippen LogP contribution in [0.15, 0.2) is 72.2 Å². The second kappa shape index (κ2) is 16.8. The van der Waals surface area contributed by atoms with Crippen molar-refractivity contribution in [3.8, 4) is 5.75 Å². The van der Waals surface area contributed by atoms with Gasteiger partial charge < -0.3 is 14.7 Å². The maximum Gasteiger partial charge on any atom is 0.120 e. The van der Waals surface area contributed by atoms with Crippen molar-refractivity contribution in [2.24, 2.45) is 0 Å². The fourth-order valence-corrected chi connectivity index (χ4v) is 3.28. The fourth-order valence-electron chi connectivity index (χ4n) is 2.85. The van der Waals surface area contributed by atoms with Crippen LogP contribution in [-0.2, 0) is 4.52 Å². The number of thiol groups is 1. The van der Waals surface area contributed by atoms with Gasteiger partial charge in [-0.25, -0.2) is 0 Å². The van der Waals surface area contributed by atoms with E-state index in [4.69, 9.17) is 5.11 Å². The van der Waals surface area contributed by atoms with Gasteiger partial charge in [0.2, 0.25) is 0 Å². The number of benzene rings is 2. The molecule has 2 N–H and O–H groups in total. The number of fused-ring (bicyclic) bond motifs is 1. The molecule has 1 aliphatic rings. The highest BCUT2D eigenvalue weighted by Crippen LogP contribution is 2.34. The minimum absolute atomic E-state index is 0.0427. The van der Waals surface area contributed by atoms with E-state index < -0.39 is 0 Å². The first-order chi connectivity index (χ1) is 14.8. The molecule has 31 heavy (non-hydrogen) atoms. The number of hydrogen-bond acceptors (Lipinski definition) is 4. The van der Waals surface area contributed by atoms with Gasteiger partial charge in [-0.1, -0.05) is 70.7 Å². The summed E-state index contributed by atoms with van der Waals surface area (Å²) in [5, 5.41) is 21.2. The van der Waals surface area contributed by atoms with Gasteiger partial charge in [0, 0.05) is 17.2 Å². The maximum absolute atomic E-state index is 9.73. The normalized spacial score (nSPS) is 13.0. The molecule has 0 aliphatic heterocycles. The van der Waals surface area contributed by atoms with Crippen molar-refractivity contribution in [3.63, 3.8) is 0 Å². The van der Waals surface area contributed by atoms with Crippen LogP contribution in [0.1, 0.15) is 71.1 Å². The summed E-state index contributed by atoms with van der Waals surface area (Å²) in [6.45, 7) is 13.6. The van der Waals surface area contributed by atoms with E-state index in [9.17, 15) is 5.11 Å². The van der Waals surface area contributed by atoms with E-state index in [2.05, 4.69) is 46.2 Å². The number of aliphatic hydroxyl groups excluding tert-OH is 1. The molecule has 0 saturated heterocycles. The molecule has 2 atom stereocenters. The summed E-state index contributed by atoms with van der Waals surface area (Å²) in [5.41, 5.74) is 2.01. The molecule has 0 heterocycles. The average Bonchev–Trinajstić information content (AvgIpc) is 2.80. The number of phenols is 1. The first-order valence-electron chi connectivity index (χ1n) is 10.9. The van der Waals surface area contributed by atoms with Gasteiger partial charge in [-0.15, -0.1) is 0 Å². The Balaban J connectivity index is 0.000000458. The summed E-state index contributed by atoms with van der Waals surface area (Å²) in [6.07, 6.45) is 7.92. The molecule has 0 saturated carbocycles. The van der Waals surface area contributed by atoms with Gasteiger partial charge in [0.05, 0.1) is 15.2 Å². The Kier molecular flexibility index (Phi) is 15.7. The summed E-state index contributed by atoms with van der Waals surface area (Å²) in [6, 6.07) is 11.7. The molecule has 0 radical (unpaired) electrons. The zero-order valence-corrected chi connectivity index (χ0v) is 21.6. The van der Waals surface area contributed by atoms with Crippen LogP contribution in [0.25, 0.3) is 10.8 Å². The summed E-state index contributed by atoms with van der Waals surface area (Å²) >= 11 is 4.37. The van der Waals surface area contributed by atoms with Gasteiger partial charge >= 0.3 is 0 Å². The van der Waals surface area contributed by atoms with Gasteiger partial charge in [0.1, 0.15) is 11.5 Å². The highest BCUT2D eigenvalue weighted by molar-refractivity contribution is 7.80. The van der Waals surface area contributed by atoms with Gasteiger partial charge in [0.15, 0.2) is 0 Å². The molecule has 5 heteroatoms. The molecule has 3 nitrogen and oxygen atoms in total. The Bertz CT molecular complexity index is 851. The van der Waals surface area contributed by atoms with Crippen molar-refractivity contribution in [3.05, 3.63) is 77.8 Å². The van der Waals surface area contributed by atoms with E-state index >= 15 is 0 Å². The highest BCUT2D eigenvalue weighted by Gasteiger charge is 2.10. The molecule has 0 aromatic heterocycles. The Hall–Kier alpha value is -1.90. The second-order valence-electron chi connectivity index (χ2n) is 6.66. The van der Waals surface area contributed by atoms with Crippen LogP contribution in [0.2, 0.25) is 0 Å². The molecule has 0 fully saturated rings. The molecule has 3 rings (SSSR count). The van der Waals surface area contributed by atoms with Crippen LogP contribution < -0.4 is 0 Å². The highest BCUT2D eigenvalue weighted by atomic mass is 32.1. The Morgan fingerprint density at radius 3 is 2.16 bits per heavy atom. The minimum atomic E-state index is 0.0427. The number of allylic oxidation sites excluding steroid dienone is 4. The number of phenolic OH excluding ortho intramolecular Hbond substituents is 1. The van der Waals surface area contributed by atoms with Crippen molar-refractivity contribution < 1.29 is 14.7 Å². The monoisotopic (exact) mass is 462 g/mol. The summed E-state index contributed by atoms with van der Waals surface area (Å²) in [5.74, 6) is 1.62. The first kappa shape index (κ1) is 29.1. The summed E-state index contributed by atoms with van der Waals surface area (Å²) in [4.78, 5) is 0. The van der Waals surface area contributed by atoms with E-state index in [-0.39, 0.29) is 5.25 Å². The fraction of sp³-hybridized carbons (Fsp3) is 0.385. The third kappa shape index (κ3) is 10.3. The van der Waals surface area contributed by atoms with Crippen molar-refractivity contribution in [2.45, 2.75) is 65.6 Å². The maximum atomic E-state index is 9.73. The van der Waals surface area contributed by atoms with Crippen molar-refractivity contribution in [1.29, 1.82) is 0 Å². The average molecular weight is 463 g/mol. The number of hydrogen-bond donors (Lipinski definition) is 3. The molecule has 1 aliphatic carbocycles. The molecule has 2 aromatic carbocycles. The molecular weight excluding hydrogens is 423 g/mol. The molecule has 2 aromatic rings. The van der Waals surface area contributed by atoms with E-state index in [1.54, 1.807) is 6.07 Å². The number of aliphatic hydroxyl groups is 1. The third-order valence-corrected chi connectivity index (χ3v) is 5.12. The molecular formula is C26H39O3PS. The summed E-state index contributed by atoms with van der Waals surface area (Å²) in [7, 11) is 2.14. The van der Waals surface area contributed by atoms with Crippen LogP contribution in [-0.4, -0.2) is 10.2 Å². The Morgan fingerprint density at radius 1 is 1.10 bits per heavy atom.